The molecule has 2 aliphatic rings. The lowest BCUT2D eigenvalue weighted by atomic mass is 10.00. The summed E-state index contributed by atoms with van der Waals surface area (Å²) in [7, 11) is 1.75. The van der Waals surface area contributed by atoms with Gasteiger partial charge < -0.3 is 20.4 Å². The maximum atomic E-state index is 12.7. The molecular weight excluding hydrogens is 362 g/mol. The Hall–Kier alpha value is -3.02. The minimum atomic E-state index is 0.111. The molecule has 6 nitrogen and oxygen atoms in total. The molecule has 29 heavy (non-hydrogen) atoms. The smallest absolute Gasteiger partial charge is 0.242 e. The van der Waals surface area contributed by atoms with Crippen molar-refractivity contribution in [3.8, 4) is 0 Å². The maximum Gasteiger partial charge on any atom is 0.242 e. The van der Waals surface area contributed by atoms with Crippen LogP contribution < -0.4 is 15.5 Å². The third kappa shape index (κ3) is 4.70. The Kier molecular flexibility index (Phi) is 5.98. The zero-order chi connectivity index (χ0) is 20.1. The van der Waals surface area contributed by atoms with Crippen LogP contribution in [0.25, 0.3) is 0 Å². The highest BCUT2D eigenvalue weighted by atomic mass is 16.2. The second-order valence-electron chi connectivity index (χ2n) is 7.67. The van der Waals surface area contributed by atoms with E-state index >= 15 is 0 Å². The lowest BCUT2D eigenvalue weighted by Gasteiger charge is -2.29. The van der Waals surface area contributed by atoms with Crippen LogP contribution in [0.15, 0.2) is 59.6 Å². The molecule has 1 atom stereocenters. The van der Waals surface area contributed by atoms with Gasteiger partial charge in [0.05, 0.1) is 6.54 Å². The summed E-state index contributed by atoms with van der Waals surface area (Å²) in [5, 5.41) is 6.67. The van der Waals surface area contributed by atoms with Crippen molar-refractivity contribution in [2.75, 3.05) is 38.1 Å². The number of hydrogen-bond acceptors (Lipinski definition) is 3. The van der Waals surface area contributed by atoms with E-state index in [2.05, 4.69) is 63.0 Å². The van der Waals surface area contributed by atoms with Crippen LogP contribution in [0.5, 0.6) is 0 Å². The van der Waals surface area contributed by atoms with Gasteiger partial charge >= 0.3 is 0 Å². The van der Waals surface area contributed by atoms with Crippen LogP contribution in [0, 0.1) is 0 Å². The molecule has 1 fully saturated rings. The molecule has 0 spiro atoms. The Morgan fingerprint density at radius 1 is 1.07 bits per heavy atom. The average Bonchev–Trinajstić information content (AvgIpc) is 3.25. The zero-order valence-electron chi connectivity index (χ0n) is 17.0. The van der Waals surface area contributed by atoms with Crippen molar-refractivity contribution in [1.29, 1.82) is 0 Å². The van der Waals surface area contributed by atoms with Crippen LogP contribution in [-0.2, 0) is 17.8 Å². The van der Waals surface area contributed by atoms with Crippen molar-refractivity contribution in [2.45, 2.75) is 25.4 Å². The van der Waals surface area contributed by atoms with E-state index in [0.29, 0.717) is 18.5 Å². The Balaban J connectivity index is 1.25. The molecule has 0 saturated carbocycles. The van der Waals surface area contributed by atoms with Gasteiger partial charge in [0, 0.05) is 45.0 Å². The highest BCUT2D eigenvalue weighted by Gasteiger charge is 2.24. The standard InChI is InChI=1S/C23H29N5O/c1-24-23(26-20-12-14-27(17-20)21-9-3-2-4-10-21)25-15-22(29)28-13-11-18-7-5-6-8-19(18)16-28/h2-10,20H,11-17H2,1H3,(H2,24,25,26). The third-order valence-corrected chi connectivity index (χ3v) is 5.76. The van der Waals surface area contributed by atoms with Crippen LogP contribution in [-0.4, -0.2) is 56.0 Å². The zero-order valence-corrected chi connectivity index (χ0v) is 17.0. The van der Waals surface area contributed by atoms with E-state index in [0.717, 1.165) is 32.5 Å². The van der Waals surface area contributed by atoms with Crippen LogP contribution >= 0.6 is 0 Å². The van der Waals surface area contributed by atoms with Crippen molar-refractivity contribution in [2.24, 2.45) is 4.99 Å². The van der Waals surface area contributed by atoms with Gasteiger partial charge in [0.25, 0.3) is 0 Å². The second-order valence-corrected chi connectivity index (χ2v) is 7.67. The van der Waals surface area contributed by atoms with E-state index in [4.69, 9.17) is 0 Å². The number of carbonyl (C=O) groups excluding carboxylic acids is 1. The van der Waals surface area contributed by atoms with Crippen LogP contribution in [0.2, 0.25) is 0 Å². The van der Waals surface area contributed by atoms with E-state index in [1.54, 1.807) is 7.05 Å². The van der Waals surface area contributed by atoms with Gasteiger partial charge in [0.1, 0.15) is 0 Å². The number of benzene rings is 2. The van der Waals surface area contributed by atoms with E-state index in [9.17, 15) is 4.79 Å². The number of hydrogen-bond donors (Lipinski definition) is 2. The molecule has 1 amide bonds. The van der Waals surface area contributed by atoms with Gasteiger partial charge in [-0.25, -0.2) is 0 Å². The highest BCUT2D eigenvalue weighted by Crippen LogP contribution is 2.20. The number of nitrogens with zero attached hydrogens (tertiary/aromatic N) is 3. The number of anilines is 1. The summed E-state index contributed by atoms with van der Waals surface area (Å²) < 4.78 is 0. The molecule has 0 radical (unpaired) electrons. The lowest BCUT2D eigenvalue weighted by molar-refractivity contribution is -0.130. The van der Waals surface area contributed by atoms with Gasteiger partial charge in [0.15, 0.2) is 5.96 Å². The Morgan fingerprint density at radius 2 is 1.83 bits per heavy atom. The van der Waals surface area contributed by atoms with E-state index < -0.39 is 0 Å². The molecule has 1 saturated heterocycles. The molecule has 0 aromatic heterocycles. The fraction of sp³-hybridized carbons (Fsp3) is 0.391. The minimum absolute atomic E-state index is 0.111. The first kappa shape index (κ1) is 19.3. The van der Waals surface area contributed by atoms with Gasteiger partial charge in [-0.2, -0.15) is 0 Å². The summed E-state index contributed by atoms with van der Waals surface area (Å²) in [5.41, 5.74) is 3.85. The largest absolute Gasteiger partial charge is 0.369 e. The molecule has 6 heteroatoms. The molecule has 1 unspecified atom stereocenters. The van der Waals surface area contributed by atoms with Gasteiger partial charge in [-0.15, -0.1) is 0 Å². The molecule has 2 aliphatic heterocycles. The highest BCUT2D eigenvalue weighted by molar-refractivity contribution is 5.86. The van der Waals surface area contributed by atoms with Crippen molar-refractivity contribution in [3.05, 3.63) is 65.7 Å². The predicted molar refractivity (Wildman–Crippen MR) is 117 cm³/mol. The molecule has 2 heterocycles. The van der Waals surface area contributed by atoms with Crippen LogP contribution in [0.4, 0.5) is 5.69 Å². The average molecular weight is 392 g/mol. The summed E-state index contributed by atoms with van der Waals surface area (Å²) in [6, 6.07) is 19.2. The Labute approximate surface area is 172 Å². The van der Waals surface area contributed by atoms with E-state index in [-0.39, 0.29) is 12.5 Å². The first-order chi connectivity index (χ1) is 14.2. The number of aliphatic imine (C=N–C) groups is 1. The number of fused-ring (bicyclic) bond motifs is 1. The van der Waals surface area contributed by atoms with E-state index in [1.165, 1.54) is 16.8 Å². The molecule has 2 aromatic rings. The van der Waals surface area contributed by atoms with Crippen molar-refractivity contribution in [3.63, 3.8) is 0 Å². The fourth-order valence-corrected chi connectivity index (χ4v) is 4.12. The first-order valence-electron chi connectivity index (χ1n) is 10.3. The van der Waals surface area contributed by atoms with E-state index in [1.807, 2.05) is 17.0 Å². The summed E-state index contributed by atoms with van der Waals surface area (Å²) in [6.07, 6.45) is 1.97. The lowest BCUT2D eigenvalue weighted by Crippen LogP contribution is -2.48. The SMILES string of the molecule is CN=C(NCC(=O)N1CCc2ccccc2C1)NC1CCN(c2ccccc2)C1. The number of amides is 1. The number of para-hydroxylation sites is 1. The molecule has 4 rings (SSSR count). The number of guanidine groups is 1. The Morgan fingerprint density at radius 3 is 2.62 bits per heavy atom. The van der Waals surface area contributed by atoms with Gasteiger partial charge in [-0.05, 0) is 36.1 Å². The minimum Gasteiger partial charge on any atom is -0.369 e. The summed E-state index contributed by atoms with van der Waals surface area (Å²) in [5.74, 6) is 0.801. The topological polar surface area (TPSA) is 60.0 Å². The monoisotopic (exact) mass is 391 g/mol. The predicted octanol–water partition coefficient (Wildman–Crippen LogP) is 2.02. The summed E-state index contributed by atoms with van der Waals surface area (Å²) >= 11 is 0. The molecule has 2 aromatic carbocycles. The summed E-state index contributed by atoms with van der Waals surface area (Å²) in [6.45, 7) is 3.68. The normalized spacial score (nSPS) is 19.1. The molecular formula is C23H29N5O. The second kappa shape index (κ2) is 8.99. The molecule has 0 aliphatic carbocycles. The van der Waals surface area contributed by atoms with Gasteiger partial charge in [-0.3, -0.25) is 9.79 Å². The van der Waals surface area contributed by atoms with Crippen LogP contribution in [0.3, 0.4) is 0 Å². The third-order valence-electron chi connectivity index (χ3n) is 5.76. The summed E-state index contributed by atoms with van der Waals surface area (Å²) in [4.78, 5) is 21.3. The molecule has 152 valence electrons. The van der Waals surface area contributed by atoms with Gasteiger partial charge in [-0.1, -0.05) is 42.5 Å². The van der Waals surface area contributed by atoms with Gasteiger partial charge in [0.2, 0.25) is 5.91 Å². The molecule has 0 bridgehead atoms. The number of nitrogens with one attached hydrogen (secondary N) is 2. The maximum absolute atomic E-state index is 12.7. The van der Waals surface area contributed by atoms with Crippen molar-refractivity contribution in [1.82, 2.24) is 15.5 Å². The first-order valence-corrected chi connectivity index (χ1v) is 10.3. The van der Waals surface area contributed by atoms with Crippen LogP contribution in [0.1, 0.15) is 17.5 Å². The number of rotatable bonds is 4. The Bertz CT molecular complexity index is 867. The van der Waals surface area contributed by atoms with Crippen molar-refractivity contribution >= 4 is 17.6 Å². The quantitative estimate of drug-likeness (QED) is 0.618. The number of carbonyl (C=O) groups is 1. The van der Waals surface area contributed by atoms with Crippen molar-refractivity contribution < 1.29 is 4.79 Å². The molecule has 2 N–H and O–H groups in total. The fourth-order valence-electron chi connectivity index (χ4n) is 4.12.